The molecule has 34 heavy (non-hydrogen) atoms. The molecule has 0 saturated heterocycles. The van der Waals surface area contributed by atoms with Crippen molar-refractivity contribution in [2.24, 2.45) is 17.8 Å². The number of sulfonamides is 1. The van der Waals surface area contributed by atoms with E-state index in [0.29, 0.717) is 17.5 Å². The van der Waals surface area contributed by atoms with Gasteiger partial charge in [0.05, 0.1) is 12.0 Å². The highest BCUT2D eigenvalue weighted by Gasteiger charge is 2.42. The van der Waals surface area contributed by atoms with E-state index in [1.165, 1.54) is 68.8 Å². The van der Waals surface area contributed by atoms with Crippen molar-refractivity contribution < 1.29 is 31.5 Å². The minimum atomic E-state index is -3.69. The highest BCUT2D eigenvalue weighted by molar-refractivity contribution is 7.89. The molecule has 2 N–H and O–H groups in total. The minimum Gasteiger partial charge on any atom is -0.493 e. The predicted octanol–water partition coefficient (Wildman–Crippen LogP) is 4.65. The van der Waals surface area contributed by atoms with Crippen molar-refractivity contribution in [1.29, 1.82) is 0 Å². The first-order valence-electron chi connectivity index (χ1n) is 11.2. The molecular formula is C24H28F2N2O5S. The molecule has 0 aliphatic heterocycles. The van der Waals surface area contributed by atoms with E-state index in [4.69, 9.17) is 4.74 Å². The van der Waals surface area contributed by atoms with Crippen molar-refractivity contribution >= 4 is 21.6 Å². The molecular weight excluding hydrogens is 466 g/mol. The van der Waals surface area contributed by atoms with Crippen LogP contribution in [-0.4, -0.2) is 34.1 Å². The largest absolute Gasteiger partial charge is 0.493 e. The van der Waals surface area contributed by atoms with Gasteiger partial charge in [0.2, 0.25) is 10.0 Å². The van der Waals surface area contributed by atoms with E-state index in [1.807, 2.05) is 6.92 Å². The molecule has 0 heterocycles. The summed E-state index contributed by atoms with van der Waals surface area (Å²) in [6, 6.07) is 9.57. The van der Waals surface area contributed by atoms with Crippen molar-refractivity contribution in [2.45, 2.75) is 50.2 Å². The number of carbonyl (C=O) groups excluding carboxylic acids is 1. The summed E-state index contributed by atoms with van der Waals surface area (Å²) in [7, 11) is -2.41. The number of rotatable bonds is 9. The maximum atomic E-state index is 12.9. The third-order valence-electron chi connectivity index (χ3n) is 6.84. The molecule has 184 valence electrons. The van der Waals surface area contributed by atoms with E-state index in [-0.39, 0.29) is 28.0 Å². The lowest BCUT2D eigenvalue weighted by Crippen LogP contribution is -2.40. The molecule has 0 radical (unpaired) electrons. The maximum absolute atomic E-state index is 12.9. The van der Waals surface area contributed by atoms with Gasteiger partial charge in [-0.25, -0.2) is 13.1 Å². The lowest BCUT2D eigenvalue weighted by molar-refractivity contribution is -0.0512. The van der Waals surface area contributed by atoms with Crippen LogP contribution in [-0.2, 0) is 10.0 Å². The summed E-state index contributed by atoms with van der Waals surface area (Å²) in [5, 5.41) is 2.65. The Morgan fingerprint density at radius 1 is 1.06 bits per heavy atom. The quantitative estimate of drug-likeness (QED) is 0.529. The van der Waals surface area contributed by atoms with Crippen molar-refractivity contribution in [3.05, 3.63) is 48.0 Å². The molecule has 2 saturated carbocycles. The molecule has 4 atom stereocenters. The van der Waals surface area contributed by atoms with Crippen molar-refractivity contribution in [3.63, 3.8) is 0 Å². The van der Waals surface area contributed by atoms with Gasteiger partial charge in [-0.15, -0.1) is 0 Å². The van der Waals surface area contributed by atoms with Gasteiger partial charge in [0.25, 0.3) is 5.91 Å². The van der Waals surface area contributed by atoms with Crippen LogP contribution in [0.15, 0.2) is 47.4 Å². The van der Waals surface area contributed by atoms with Crippen LogP contribution in [0.1, 0.15) is 43.0 Å². The lowest BCUT2D eigenvalue weighted by Gasteiger charge is -2.28. The summed E-state index contributed by atoms with van der Waals surface area (Å²) in [6.07, 6.45) is 4.73. The second kappa shape index (κ2) is 9.87. The number of hydrogen-bond acceptors (Lipinski definition) is 5. The molecule has 2 aliphatic rings. The Morgan fingerprint density at radius 2 is 1.79 bits per heavy atom. The molecule has 1 amide bonds. The monoisotopic (exact) mass is 494 g/mol. The Labute approximate surface area is 197 Å². The van der Waals surface area contributed by atoms with E-state index in [0.717, 1.165) is 12.3 Å². The first kappa shape index (κ1) is 24.4. The third kappa shape index (κ3) is 5.33. The summed E-state index contributed by atoms with van der Waals surface area (Å²) >= 11 is 0. The molecule has 2 aromatic rings. The molecule has 7 nitrogen and oxygen atoms in total. The molecule has 4 unspecified atom stereocenters. The zero-order chi connectivity index (χ0) is 24.5. The Morgan fingerprint density at radius 3 is 2.38 bits per heavy atom. The zero-order valence-electron chi connectivity index (χ0n) is 19.0. The normalized spacial score (nSPS) is 22.6. The smallest absolute Gasteiger partial charge is 0.387 e. The van der Waals surface area contributed by atoms with E-state index < -0.39 is 22.5 Å². The number of methoxy groups -OCH3 is 1. The number of amides is 1. The van der Waals surface area contributed by atoms with E-state index in [1.54, 1.807) is 0 Å². The zero-order valence-corrected chi connectivity index (χ0v) is 19.8. The molecule has 4 rings (SSSR count). The number of alkyl halides is 2. The van der Waals surface area contributed by atoms with Crippen LogP contribution in [0.5, 0.6) is 11.5 Å². The number of nitrogens with one attached hydrogen (secondary N) is 2. The minimum absolute atomic E-state index is 0.00919. The van der Waals surface area contributed by atoms with E-state index in [9.17, 15) is 22.0 Å². The summed E-state index contributed by atoms with van der Waals surface area (Å²) in [5.74, 6) is 1.01. The SMILES string of the molecule is COc1cc(C(=O)Nc2ccc(S(=O)(=O)NC(C)C3CC4CCC3C4)cc2)ccc1OC(F)F. The van der Waals surface area contributed by atoms with Gasteiger partial charge in [-0.1, -0.05) is 6.42 Å². The average molecular weight is 495 g/mol. The number of halogens is 2. The summed E-state index contributed by atoms with van der Waals surface area (Å²) in [5.41, 5.74) is 0.550. The number of fused-ring (bicyclic) bond motifs is 2. The molecule has 0 aromatic heterocycles. The van der Waals surface area contributed by atoms with Crippen molar-refractivity contribution in [1.82, 2.24) is 4.72 Å². The number of hydrogen-bond donors (Lipinski definition) is 2. The van der Waals surface area contributed by atoms with Gasteiger partial charge in [-0.05, 0) is 86.4 Å². The number of ether oxygens (including phenoxy) is 2. The first-order valence-corrected chi connectivity index (χ1v) is 12.7. The van der Waals surface area contributed by atoms with Gasteiger partial charge in [0, 0.05) is 17.3 Å². The second-order valence-corrected chi connectivity index (χ2v) is 10.7. The summed E-state index contributed by atoms with van der Waals surface area (Å²) in [6.45, 7) is -1.09. The topological polar surface area (TPSA) is 93.7 Å². The van der Waals surface area contributed by atoms with Crippen LogP contribution in [0.4, 0.5) is 14.5 Å². The van der Waals surface area contributed by atoms with Crippen molar-refractivity contribution in [2.75, 3.05) is 12.4 Å². The molecule has 2 aromatic carbocycles. The highest BCUT2D eigenvalue weighted by atomic mass is 32.2. The van der Waals surface area contributed by atoms with Gasteiger partial charge in [0.1, 0.15) is 0 Å². The van der Waals surface area contributed by atoms with Gasteiger partial charge < -0.3 is 14.8 Å². The van der Waals surface area contributed by atoms with Crippen LogP contribution in [0.2, 0.25) is 0 Å². The fourth-order valence-corrected chi connectivity index (χ4v) is 6.52. The average Bonchev–Trinajstić information content (AvgIpc) is 3.43. The van der Waals surface area contributed by atoms with Crippen LogP contribution in [0.25, 0.3) is 0 Å². The third-order valence-corrected chi connectivity index (χ3v) is 8.42. The molecule has 10 heteroatoms. The Bertz CT molecular complexity index is 1140. The Hall–Kier alpha value is -2.72. The fraction of sp³-hybridized carbons (Fsp3) is 0.458. The number of benzene rings is 2. The molecule has 2 fully saturated rings. The van der Waals surface area contributed by atoms with Gasteiger partial charge >= 0.3 is 6.61 Å². The van der Waals surface area contributed by atoms with Gasteiger partial charge in [-0.3, -0.25) is 4.79 Å². The standard InChI is InChI=1S/C24H28F2N2O5S/c1-14(20-12-15-3-4-16(20)11-15)28-34(30,31)19-8-6-18(7-9-19)27-23(29)17-5-10-21(33-24(25)26)22(13-17)32-2/h5-10,13-16,20,24,28H,3-4,11-12H2,1-2H3,(H,27,29). The Balaban J connectivity index is 1.39. The van der Waals surface area contributed by atoms with Crippen LogP contribution in [0, 0.1) is 17.8 Å². The molecule has 2 bridgehead atoms. The predicted molar refractivity (Wildman–Crippen MR) is 123 cm³/mol. The summed E-state index contributed by atoms with van der Waals surface area (Å²) < 4.78 is 62.9. The lowest BCUT2D eigenvalue weighted by atomic mass is 9.84. The van der Waals surface area contributed by atoms with Crippen LogP contribution in [0.3, 0.4) is 0 Å². The number of anilines is 1. The van der Waals surface area contributed by atoms with E-state index in [2.05, 4.69) is 14.8 Å². The fourth-order valence-electron chi connectivity index (χ4n) is 5.23. The number of carbonyl (C=O) groups is 1. The Kier molecular flexibility index (Phi) is 7.09. The van der Waals surface area contributed by atoms with Crippen LogP contribution >= 0.6 is 0 Å². The van der Waals surface area contributed by atoms with Crippen molar-refractivity contribution in [3.8, 4) is 11.5 Å². The molecule has 2 aliphatic carbocycles. The highest BCUT2D eigenvalue weighted by Crippen LogP contribution is 2.49. The maximum Gasteiger partial charge on any atom is 0.387 e. The van der Waals surface area contributed by atoms with Gasteiger partial charge in [0.15, 0.2) is 11.5 Å². The second-order valence-electron chi connectivity index (χ2n) is 8.97. The van der Waals surface area contributed by atoms with Gasteiger partial charge in [-0.2, -0.15) is 8.78 Å². The van der Waals surface area contributed by atoms with E-state index >= 15 is 0 Å². The van der Waals surface area contributed by atoms with Crippen LogP contribution < -0.4 is 19.5 Å². The first-order chi connectivity index (χ1) is 16.2. The summed E-state index contributed by atoms with van der Waals surface area (Å²) in [4.78, 5) is 12.7. The molecule has 0 spiro atoms.